The average Bonchev–Trinajstić information content (AvgIpc) is 2.63. The maximum Gasteiger partial charge on any atom is 0.0668 e. The second kappa shape index (κ2) is 3.07. The van der Waals surface area contributed by atoms with Crippen LogP contribution in [-0.4, -0.2) is 21.6 Å². The first-order valence-corrected chi connectivity index (χ1v) is 7.32. The van der Waals surface area contributed by atoms with Gasteiger partial charge in [-0.2, -0.15) is 0 Å². The van der Waals surface area contributed by atoms with E-state index in [0.717, 1.165) is 11.8 Å². The first kappa shape index (κ1) is 8.93. The van der Waals surface area contributed by atoms with Crippen LogP contribution in [0.5, 0.6) is 0 Å². The number of hydrogen-bond donors (Lipinski definition) is 1. The Morgan fingerprint density at radius 1 is 1.00 bits per heavy atom. The van der Waals surface area contributed by atoms with Gasteiger partial charge in [-0.05, 0) is 37.5 Å². The molecule has 3 fully saturated rings. The van der Waals surface area contributed by atoms with Gasteiger partial charge in [-0.3, -0.25) is 0 Å². The maximum absolute atomic E-state index is 6.09. The molecule has 3 rings (SSSR count). The fourth-order valence-electron chi connectivity index (χ4n) is 3.44. The lowest BCUT2D eigenvalue weighted by atomic mass is 9.85. The molecule has 1 heterocycles. The van der Waals surface area contributed by atoms with E-state index in [-0.39, 0.29) is 0 Å². The SMILES string of the molecule is NC1C[C@H]2CC[C@H](C1)C21SCCS1. The summed E-state index contributed by atoms with van der Waals surface area (Å²) in [6.07, 6.45) is 5.52. The highest BCUT2D eigenvalue weighted by molar-refractivity contribution is 8.21. The van der Waals surface area contributed by atoms with Crippen molar-refractivity contribution in [2.75, 3.05) is 11.5 Å². The van der Waals surface area contributed by atoms with Crippen LogP contribution in [-0.2, 0) is 0 Å². The number of nitrogens with two attached hydrogens (primary N) is 1. The lowest BCUT2D eigenvalue weighted by Crippen LogP contribution is -2.42. The molecule has 3 heteroatoms. The van der Waals surface area contributed by atoms with Gasteiger partial charge in [0.25, 0.3) is 0 Å². The predicted octanol–water partition coefficient (Wildman–Crippen LogP) is 2.31. The molecule has 0 amide bonds. The minimum atomic E-state index is 0.518. The van der Waals surface area contributed by atoms with Gasteiger partial charge in [0.05, 0.1) is 4.08 Å². The van der Waals surface area contributed by atoms with Crippen molar-refractivity contribution in [1.29, 1.82) is 0 Å². The fourth-order valence-corrected chi connectivity index (χ4v) is 7.38. The second-order valence-corrected chi connectivity index (χ2v) is 7.62. The van der Waals surface area contributed by atoms with E-state index in [4.69, 9.17) is 5.73 Å². The molecule has 0 aromatic heterocycles. The highest BCUT2D eigenvalue weighted by atomic mass is 32.2. The molecule has 0 radical (unpaired) electrons. The average molecular weight is 215 g/mol. The third-order valence-corrected chi connectivity index (χ3v) is 7.93. The van der Waals surface area contributed by atoms with Crippen molar-refractivity contribution < 1.29 is 0 Å². The van der Waals surface area contributed by atoms with Crippen molar-refractivity contribution in [2.24, 2.45) is 17.6 Å². The van der Waals surface area contributed by atoms with Crippen molar-refractivity contribution in [1.82, 2.24) is 0 Å². The van der Waals surface area contributed by atoms with E-state index in [9.17, 15) is 0 Å². The molecule has 2 aliphatic carbocycles. The molecule has 2 N–H and O–H groups in total. The molecule has 3 aliphatic rings. The summed E-state index contributed by atoms with van der Waals surface area (Å²) in [7, 11) is 0. The van der Waals surface area contributed by atoms with Gasteiger partial charge < -0.3 is 5.73 Å². The molecule has 2 atom stereocenters. The van der Waals surface area contributed by atoms with E-state index in [0.29, 0.717) is 10.1 Å². The quantitative estimate of drug-likeness (QED) is 0.671. The standard InChI is InChI=1S/C10H17NS2/c11-9-5-7-1-2-8(6-9)10(7)12-3-4-13-10/h7-9H,1-6,11H2/t7-,8-/m1/s1. The summed E-state index contributed by atoms with van der Waals surface area (Å²) in [4.78, 5) is 0. The van der Waals surface area contributed by atoms with Gasteiger partial charge in [0, 0.05) is 17.5 Å². The van der Waals surface area contributed by atoms with Crippen LogP contribution in [0.15, 0.2) is 0 Å². The van der Waals surface area contributed by atoms with Crippen molar-refractivity contribution in [3.05, 3.63) is 0 Å². The zero-order valence-corrected chi connectivity index (χ0v) is 9.50. The van der Waals surface area contributed by atoms with Gasteiger partial charge in [0.1, 0.15) is 0 Å². The maximum atomic E-state index is 6.09. The van der Waals surface area contributed by atoms with Crippen molar-refractivity contribution >= 4 is 23.5 Å². The third kappa shape index (κ3) is 1.20. The normalized spacial score (nSPS) is 47.3. The van der Waals surface area contributed by atoms with Crippen molar-refractivity contribution in [3.8, 4) is 0 Å². The molecular weight excluding hydrogens is 198 g/mol. The molecule has 74 valence electrons. The Morgan fingerprint density at radius 2 is 1.54 bits per heavy atom. The van der Waals surface area contributed by atoms with Gasteiger partial charge in [0.2, 0.25) is 0 Å². The Bertz CT molecular complexity index is 197. The van der Waals surface area contributed by atoms with Gasteiger partial charge in [-0.15, -0.1) is 23.5 Å². The van der Waals surface area contributed by atoms with Crippen LogP contribution in [0.3, 0.4) is 0 Å². The predicted molar refractivity (Wildman–Crippen MR) is 61.1 cm³/mol. The molecule has 0 aromatic carbocycles. The number of rotatable bonds is 0. The molecule has 2 bridgehead atoms. The van der Waals surface area contributed by atoms with Gasteiger partial charge in [-0.25, -0.2) is 0 Å². The molecule has 1 spiro atoms. The summed E-state index contributed by atoms with van der Waals surface area (Å²) < 4.78 is 0.635. The van der Waals surface area contributed by atoms with E-state index >= 15 is 0 Å². The van der Waals surface area contributed by atoms with Gasteiger partial charge >= 0.3 is 0 Å². The molecular formula is C10H17NS2. The Hall–Kier alpha value is 0.660. The second-order valence-electron chi connectivity index (χ2n) is 4.62. The number of hydrogen-bond acceptors (Lipinski definition) is 3. The van der Waals surface area contributed by atoms with Crippen LogP contribution in [0.1, 0.15) is 25.7 Å². The Kier molecular flexibility index (Phi) is 2.11. The molecule has 2 saturated carbocycles. The fraction of sp³-hybridized carbons (Fsp3) is 1.00. The van der Waals surface area contributed by atoms with Crippen molar-refractivity contribution in [2.45, 2.75) is 35.8 Å². The summed E-state index contributed by atoms with van der Waals surface area (Å²) in [5.74, 6) is 4.65. The highest BCUT2D eigenvalue weighted by Crippen LogP contribution is 2.64. The van der Waals surface area contributed by atoms with E-state index in [1.807, 2.05) is 0 Å². The van der Waals surface area contributed by atoms with Crippen LogP contribution in [0.25, 0.3) is 0 Å². The summed E-state index contributed by atoms with van der Waals surface area (Å²) >= 11 is 4.51. The van der Waals surface area contributed by atoms with Gasteiger partial charge in [-0.1, -0.05) is 0 Å². The summed E-state index contributed by atoms with van der Waals surface area (Å²) in [5, 5.41) is 0. The lowest BCUT2D eigenvalue weighted by molar-refractivity contribution is 0.311. The zero-order chi connectivity index (χ0) is 8.89. The highest BCUT2D eigenvalue weighted by Gasteiger charge is 2.55. The van der Waals surface area contributed by atoms with E-state index in [2.05, 4.69) is 23.5 Å². The summed E-state index contributed by atoms with van der Waals surface area (Å²) in [6, 6.07) is 0.518. The van der Waals surface area contributed by atoms with Crippen molar-refractivity contribution in [3.63, 3.8) is 0 Å². The minimum Gasteiger partial charge on any atom is -0.328 e. The van der Waals surface area contributed by atoms with Crippen LogP contribution in [0.4, 0.5) is 0 Å². The van der Waals surface area contributed by atoms with Gasteiger partial charge in [0.15, 0.2) is 0 Å². The van der Waals surface area contributed by atoms with E-state index in [1.165, 1.54) is 37.2 Å². The first-order chi connectivity index (χ1) is 6.31. The molecule has 1 aliphatic heterocycles. The summed E-state index contributed by atoms with van der Waals surface area (Å²) in [6.45, 7) is 0. The Balaban J connectivity index is 1.89. The van der Waals surface area contributed by atoms with E-state index in [1.54, 1.807) is 0 Å². The molecule has 1 saturated heterocycles. The Labute approximate surface area is 88.6 Å². The molecule has 0 aromatic rings. The topological polar surface area (TPSA) is 26.0 Å². The monoisotopic (exact) mass is 215 g/mol. The van der Waals surface area contributed by atoms with Crippen LogP contribution in [0, 0.1) is 11.8 Å². The van der Waals surface area contributed by atoms with Crippen LogP contribution < -0.4 is 5.73 Å². The first-order valence-electron chi connectivity index (χ1n) is 5.35. The van der Waals surface area contributed by atoms with Crippen LogP contribution in [0.2, 0.25) is 0 Å². The zero-order valence-electron chi connectivity index (χ0n) is 7.87. The lowest BCUT2D eigenvalue weighted by Gasteiger charge is -2.41. The summed E-state index contributed by atoms with van der Waals surface area (Å²) in [5.41, 5.74) is 6.09. The smallest absolute Gasteiger partial charge is 0.0668 e. The van der Waals surface area contributed by atoms with E-state index < -0.39 is 0 Å². The molecule has 13 heavy (non-hydrogen) atoms. The Morgan fingerprint density at radius 3 is 2.08 bits per heavy atom. The third-order valence-electron chi connectivity index (χ3n) is 3.91. The largest absolute Gasteiger partial charge is 0.328 e. The number of thioether (sulfide) groups is 2. The minimum absolute atomic E-state index is 0.518. The molecule has 1 nitrogen and oxygen atoms in total. The molecule has 0 unspecified atom stereocenters. The van der Waals surface area contributed by atoms with Crippen LogP contribution >= 0.6 is 23.5 Å².